The van der Waals surface area contributed by atoms with E-state index in [-0.39, 0.29) is 24.9 Å². The number of allylic oxidation sites excluding steroid dienone is 1. The van der Waals surface area contributed by atoms with Crippen molar-refractivity contribution < 1.29 is 33.2 Å². The molecule has 0 unspecified atom stereocenters. The van der Waals surface area contributed by atoms with Gasteiger partial charge < -0.3 is 34.2 Å². The first kappa shape index (κ1) is 20.7. The number of hydrogen-bond acceptors (Lipinski definition) is 9. The number of carbonyl (C=O) groups is 1. The molecule has 0 saturated heterocycles. The van der Waals surface area contributed by atoms with Gasteiger partial charge in [-0.25, -0.2) is 4.79 Å². The largest absolute Gasteiger partial charge is 0.493 e. The van der Waals surface area contributed by atoms with E-state index in [0.717, 1.165) is 0 Å². The van der Waals surface area contributed by atoms with Crippen LogP contribution in [0.5, 0.6) is 28.7 Å². The molecule has 0 saturated carbocycles. The molecule has 4 rings (SSSR count). The third-order valence-corrected chi connectivity index (χ3v) is 5.56. The molecule has 2 aromatic rings. The zero-order valence-electron chi connectivity index (χ0n) is 16.6. The maximum atomic E-state index is 11.4. The lowest BCUT2D eigenvalue weighted by Crippen LogP contribution is -2.21. The van der Waals surface area contributed by atoms with E-state index in [4.69, 9.17) is 29.4 Å². The second-order valence-corrected chi connectivity index (χ2v) is 7.41. The van der Waals surface area contributed by atoms with Gasteiger partial charge in [0.2, 0.25) is 12.7 Å². The Bertz CT molecular complexity index is 1140. The number of carbonyl (C=O) groups excluding carboxylic acids is 1. The molecule has 2 heterocycles. The van der Waals surface area contributed by atoms with Gasteiger partial charge in [-0.15, -0.1) is 0 Å². The number of methoxy groups -OCH3 is 2. The fourth-order valence-electron chi connectivity index (χ4n) is 3.41. The quantitative estimate of drug-likeness (QED) is 0.632. The topological polar surface area (TPSA) is 122 Å². The van der Waals surface area contributed by atoms with Gasteiger partial charge >= 0.3 is 5.97 Å². The summed E-state index contributed by atoms with van der Waals surface area (Å²) in [6.45, 7) is -0.181. The van der Waals surface area contributed by atoms with E-state index in [1.54, 1.807) is 24.3 Å². The zero-order chi connectivity index (χ0) is 22.1. The third kappa shape index (κ3) is 3.68. The first-order valence-corrected chi connectivity index (χ1v) is 9.84. The van der Waals surface area contributed by atoms with Gasteiger partial charge in [0.25, 0.3) is 0 Å². The standard InChI is InChI=1S/C21H17BrN2O7/c1-26-15-3-10(13(22)5-17(15)28-8-19(25)27-2)20-11-4-16-18(30-9-29-16)6-14(11)31-21(24)12(20)7-23/h3-6,20H,8-9,24H2,1-2H3/t20-/m0/s1. The molecule has 2 aromatic carbocycles. The van der Waals surface area contributed by atoms with Crippen LogP contribution < -0.4 is 29.4 Å². The van der Waals surface area contributed by atoms with Crippen LogP contribution in [-0.4, -0.2) is 33.6 Å². The minimum Gasteiger partial charge on any atom is -0.493 e. The molecule has 0 aliphatic carbocycles. The van der Waals surface area contributed by atoms with E-state index < -0.39 is 11.9 Å². The fraction of sp³-hybridized carbons (Fsp3) is 0.238. The van der Waals surface area contributed by atoms with E-state index in [0.29, 0.717) is 44.3 Å². The molecule has 2 aliphatic rings. The van der Waals surface area contributed by atoms with Crippen molar-refractivity contribution in [3.8, 4) is 34.8 Å². The lowest BCUT2D eigenvalue weighted by molar-refractivity contribution is -0.142. The highest BCUT2D eigenvalue weighted by molar-refractivity contribution is 9.10. The van der Waals surface area contributed by atoms with Gasteiger partial charge in [0.05, 0.1) is 20.1 Å². The fourth-order valence-corrected chi connectivity index (χ4v) is 3.96. The molecule has 31 heavy (non-hydrogen) atoms. The zero-order valence-corrected chi connectivity index (χ0v) is 18.1. The predicted molar refractivity (Wildman–Crippen MR) is 110 cm³/mol. The Kier molecular flexibility index (Phi) is 5.52. The van der Waals surface area contributed by atoms with E-state index in [9.17, 15) is 10.1 Å². The molecule has 10 heteroatoms. The average molecular weight is 489 g/mol. The van der Waals surface area contributed by atoms with Gasteiger partial charge in [0.15, 0.2) is 29.6 Å². The van der Waals surface area contributed by atoms with Gasteiger partial charge in [-0.05, 0) is 23.8 Å². The van der Waals surface area contributed by atoms with Gasteiger partial charge in [-0.1, -0.05) is 15.9 Å². The van der Waals surface area contributed by atoms with Gasteiger partial charge in [0.1, 0.15) is 17.4 Å². The molecule has 0 bridgehead atoms. The Morgan fingerprint density at radius 3 is 2.58 bits per heavy atom. The number of nitrogens with two attached hydrogens (primary N) is 1. The number of fused-ring (bicyclic) bond motifs is 2. The molecule has 0 amide bonds. The normalized spacial score (nSPS) is 16.1. The number of halogens is 1. The summed E-state index contributed by atoms with van der Waals surface area (Å²) in [4.78, 5) is 11.4. The van der Waals surface area contributed by atoms with Crippen molar-refractivity contribution in [3.63, 3.8) is 0 Å². The number of esters is 1. The van der Waals surface area contributed by atoms with Gasteiger partial charge in [-0.3, -0.25) is 0 Å². The van der Waals surface area contributed by atoms with Crippen molar-refractivity contribution >= 4 is 21.9 Å². The molecule has 0 spiro atoms. The summed E-state index contributed by atoms with van der Waals surface area (Å²) in [7, 11) is 2.75. The van der Waals surface area contributed by atoms with Crippen molar-refractivity contribution in [3.05, 3.63) is 51.3 Å². The SMILES string of the molecule is COC(=O)COc1cc(Br)c([C@@H]2C(C#N)=C(N)Oc3cc4c(cc32)OCO4)cc1OC. The predicted octanol–water partition coefficient (Wildman–Crippen LogP) is 2.96. The highest BCUT2D eigenvalue weighted by Crippen LogP contribution is 2.50. The lowest BCUT2D eigenvalue weighted by Gasteiger charge is -2.28. The number of hydrogen-bond donors (Lipinski definition) is 1. The van der Waals surface area contributed by atoms with E-state index >= 15 is 0 Å². The number of ether oxygens (including phenoxy) is 6. The van der Waals surface area contributed by atoms with E-state index in [2.05, 4.69) is 26.7 Å². The first-order valence-electron chi connectivity index (χ1n) is 9.05. The summed E-state index contributed by atoms with van der Waals surface area (Å²) in [5, 5.41) is 9.81. The molecule has 0 aromatic heterocycles. The molecule has 0 radical (unpaired) electrons. The minimum absolute atomic E-state index is 0.00394. The molecule has 160 valence electrons. The average Bonchev–Trinajstić information content (AvgIpc) is 3.22. The van der Waals surface area contributed by atoms with Crippen LogP contribution in [-0.2, 0) is 9.53 Å². The van der Waals surface area contributed by atoms with Crippen LogP contribution in [0.15, 0.2) is 40.2 Å². The molecule has 9 nitrogen and oxygen atoms in total. The minimum atomic E-state index is -0.568. The summed E-state index contributed by atoms with van der Waals surface area (Å²) in [6, 6.07) is 8.97. The Morgan fingerprint density at radius 1 is 1.16 bits per heavy atom. The molecule has 0 fully saturated rings. The molecular formula is C21H17BrN2O7. The number of nitrogens with zero attached hydrogens (tertiary/aromatic N) is 1. The summed E-state index contributed by atoms with van der Waals surface area (Å²) in [5.41, 5.74) is 7.66. The second kappa shape index (κ2) is 8.28. The smallest absolute Gasteiger partial charge is 0.343 e. The Morgan fingerprint density at radius 2 is 1.90 bits per heavy atom. The van der Waals surface area contributed by atoms with Crippen LogP contribution in [0.2, 0.25) is 0 Å². The number of rotatable bonds is 5. The maximum absolute atomic E-state index is 11.4. The highest BCUT2D eigenvalue weighted by atomic mass is 79.9. The Labute approximate surface area is 186 Å². The van der Waals surface area contributed by atoms with Gasteiger partial charge in [0, 0.05) is 16.1 Å². The molecule has 2 N–H and O–H groups in total. The van der Waals surface area contributed by atoms with Crippen molar-refractivity contribution in [1.29, 1.82) is 5.26 Å². The summed E-state index contributed by atoms with van der Waals surface area (Å²) >= 11 is 3.54. The van der Waals surface area contributed by atoms with Crippen molar-refractivity contribution in [2.45, 2.75) is 5.92 Å². The van der Waals surface area contributed by atoms with Crippen LogP contribution in [0.1, 0.15) is 17.0 Å². The number of benzene rings is 2. The van der Waals surface area contributed by atoms with Crippen LogP contribution in [0.3, 0.4) is 0 Å². The van der Waals surface area contributed by atoms with Gasteiger partial charge in [-0.2, -0.15) is 5.26 Å². The van der Waals surface area contributed by atoms with E-state index in [1.807, 2.05) is 0 Å². The van der Waals surface area contributed by atoms with E-state index in [1.165, 1.54) is 14.2 Å². The molecular weight excluding hydrogens is 472 g/mol. The Balaban J connectivity index is 1.83. The van der Waals surface area contributed by atoms with Crippen LogP contribution in [0, 0.1) is 11.3 Å². The van der Waals surface area contributed by atoms with Crippen molar-refractivity contribution in [2.24, 2.45) is 5.73 Å². The van der Waals surface area contributed by atoms with Crippen LogP contribution >= 0.6 is 15.9 Å². The second-order valence-electron chi connectivity index (χ2n) is 6.56. The van der Waals surface area contributed by atoms with Crippen LogP contribution in [0.4, 0.5) is 0 Å². The molecule has 2 aliphatic heterocycles. The third-order valence-electron chi connectivity index (χ3n) is 4.88. The maximum Gasteiger partial charge on any atom is 0.343 e. The highest BCUT2D eigenvalue weighted by Gasteiger charge is 2.35. The van der Waals surface area contributed by atoms with Crippen molar-refractivity contribution in [2.75, 3.05) is 27.6 Å². The van der Waals surface area contributed by atoms with Crippen molar-refractivity contribution in [1.82, 2.24) is 0 Å². The summed E-state index contributed by atoms with van der Waals surface area (Å²) in [6.07, 6.45) is 0. The number of nitriles is 1. The summed E-state index contributed by atoms with van der Waals surface area (Å²) in [5.74, 6) is 1.14. The molecule has 1 atom stereocenters. The monoisotopic (exact) mass is 488 g/mol. The van der Waals surface area contributed by atoms with Crippen LogP contribution in [0.25, 0.3) is 0 Å². The lowest BCUT2D eigenvalue weighted by atomic mass is 9.83. The summed E-state index contributed by atoms with van der Waals surface area (Å²) < 4.78 is 32.8. The first-order chi connectivity index (χ1) is 15.0. The Hall–Kier alpha value is -3.58.